The van der Waals surface area contributed by atoms with Gasteiger partial charge in [0.2, 0.25) is 5.43 Å². The molecule has 0 spiro atoms. The Hall–Kier alpha value is -3.41. The smallest absolute Gasteiger partial charge is 0.275 e. The summed E-state index contributed by atoms with van der Waals surface area (Å²) in [6.45, 7) is 2.53. The first kappa shape index (κ1) is 18.9. The van der Waals surface area contributed by atoms with Gasteiger partial charge in [-0.1, -0.05) is 61.5 Å². The molecule has 2 unspecified atom stereocenters. The van der Waals surface area contributed by atoms with Crippen LogP contribution in [0.5, 0.6) is 5.75 Å². The molecule has 6 heteroatoms. The molecule has 1 aliphatic rings. The fourth-order valence-corrected chi connectivity index (χ4v) is 4.08. The van der Waals surface area contributed by atoms with Gasteiger partial charge < -0.3 is 10.0 Å². The van der Waals surface area contributed by atoms with E-state index in [1.807, 2.05) is 24.3 Å². The predicted molar refractivity (Wildman–Crippen MR) is 110 cm³/mol. The SMILES string of the molecule is CCc1cccc(C(c2ccccc2)C2CN(C)C(=O)c3c(O)c(=O)cnn32)c1. The molecule has 148 valence electrons. The third-order valence-electron chi connectivity index (χ3n) is 5.57. The molecule has 2 atom stereocenters. The number of benzene rings is 2. The van der Waals surface area contributed by atoms with Crippen molar-refractivity contribution < 1.29 is 9.90 Å². The van der Waals surface area contributed by atoms with Crippen LogP contribution in [0.25, 0.3) is 0 Å². The molecule has 1 aromatic heterocycles. The summed E-state index contributed by atoms with van der Waals surface area (Å²) < 4.78 is 1.52. The molecule has 2 aromatic carbocycles. The van der Waals surface area contributed by atoms with E-state index in [0.29, 0.717) is 6.54 Å². The number of carbonyl (C=O) groups excluding carboxylic acids is 1. The van der Waals surface area contributed by atoms with Crippen LogP contribution in [-0.2, 0) is 6.42 Å². The van der Waals surface area contributed by atoms with Gasteiger partial charge in [0.25, 0.3) is 5.91 Å². The summed E-state index contributed by atoms with van der Waals surface area (Å²) in [7, 11) is 1.68. The van der Waals surface area contributed by atoms with Crippen molar-refractivity contribution in [2.45, 2.75) is 25.3 Å². The lowest BCUT2D eigenvalue weighted by atomic mass is 9.83. The zero-order chi connectivity index (χ0) is 20.5. The van der Waals surface area contributed by atoms with E-state index in [9.17, 15) is 14.7 Å². The number of likely N-dealkylation sites (N-methyl/N-ethyl adjacent to an activating group) is 1. The van der Waals surface area contributed by atoms with Crippen LogP contribution in [-0.4, -0.2) is 39.3 Å². The Morgan fingerprint density at radius 1 is 1.10 bits per heavy atom. The van der Waals surface area contributed by atoms with E-state index >= 15 is 0 Å². The van der Waals surface area contributed by atoms with Crippen LogP contribution in [0.2, 0.25) is 0 Å². The first-order valence-electron chi connectivity index (χ1n) is 9.71. The number of fused-ring (bicyclic) bond motifs is 1. The van der Waals surface area contributed by atoms with Crippen LogP contribution in [0.4, 0.5) is 0 Å². The molecular weight excluding hydrogens is 366 g/mol. The average Bonchev–Trinajstić information content (AvgIpc) is 2.75. The van der Waals surface area contributed by atoms with E-state index in [-0.39, 0.29) is 17.7 Å². The van der Waals surface area contributed by atoms with Gasteiger partial charge in [-0.2, -0.15) is 5.10 Å². The van der Waals surface area contributed by atoms with Crippen molar-refractivity contribution in [3.8, 4) is 5.75 Å². The second-order valence-electron chi connectivity index (χ2n) is 7.39. The molecule has 3 aromatic rings. The highest BCUT2D eigenvalue weighted by molar-refractivity contribution is 5.95. The lowest BCUT2D eigenvalue weighted by Crippen LogP contribution is -2.45. The molecule has 1 amide bonds. The molecule has 29 heavy (non-hydrogen) atoms. The minimum atomic E-state index is -0.650. The number of aromatic nitrogens is 2. The normalized spacial score (nSPS) is 17.1. The zero-order valence-corrected chi connectivity index (χ0v) is 16.4. The van der Waals surface area contributed by atoms with Crippen molar-refractivity contribution in [3.63, 3.8) is 0 Å². The first-order chi connectivity index (χ1) is 14.0. The van der Waals surface area contributed by atoms with Crippen LogP contribution in [0.15, 0.2) is 65.6 Å². The highest BCUT2D eigenvalue weighted by atomic mass is 16.3. The van der Waals surface area contributed by atoms with E-state index in [1.54, 1.807) is 11.9 Å². The largest absolute Gasteiger partial charge is 0.502 e. The lowest BCUT2D eigenvalue weighted by molar-refractivity contribution is 0.0686. The fourth-order valence-electron chi connectivity index (χ4n) is 4.08. The third kappa shape index (κ3) is 3.31. The van der Waals surface area contributed by atoms with E-state index in [0.717, 1.165) is 23.7 Å². The number of amides is 1. The minimum absolute atomic E-state index is 0.0520. The van der Waals surface area contributed by atoms with Crippen molar-refractivity contribution in [3.05, 3.63) is 93.4 Å². The maximum absolute atomic E-state index is 12.7. The minimum Gasteiger partial charge on any atom is -0.502 e. The summed E-state index contributed by atoms with van der Waals surface area (Å²) >= 11 is 0. The van der Waals surface area contributed by atoms with Gasteiger partial charge in [-0.25, -0.2) is 0 Å². The molecule has 0 aliphatic carbocycles. The fraction of sp³-hybridized carbons (Fsp3) is 0.261. The Morgan fingerprint density at radius 2 is 1.83 bits per heavy atom. The molecule has 2 heterocycles. The second kappa shape index (κ2) is 7.54. The van der Waals surface area contributed by atoms with Gasteiger partial charge in [0, 0.05) is 19.5 Å². The third-order valence-corrected chi connectivity index (χ3v) is 5.57. The summed E-state index contributed by atoms with van der Waals surface area (Å²) in [4.78, 5) is 26.2. The summed E-state index contributed by atoms with van der Waals surface area (Å²) in [5.41, 5.74) is 2.71. The molecule has 1 N–H and O–H groups in total. The van der Waals surface area contributed by atoms with E-state index in [1.165, 1.54) is 10.2 Å². The Morgan fingerprint density at radius 3 is 2.55 bits per heavy atom. The molecule has 0 saturated carbocycles. The summed E-state index contributed by atoms with van der Waals surface area (Å²) in [6, 6.07) is 18.2. The van der Waals surface area contributed by atoms with Gasteiger partial charge >= 0.3 is 0 Å². The number of rotatable bonds is 4. The topological polar surface area (TPSA) is 75.4 Å². The summed E-state index contributed by atoms with van der Waals surface area (Å²) in [5, 5.41) is 14.6. The maximum Gasteiger partial charge on any atom is 0.275 e. The Balaban J connectivity index is 1.94. The average molecular weight is 389 g/mol. The number of hydrogen-bond acceptors (Lipinski definition) is 4. The molecule has 1 aliphatic heterocycles. The van der Waals surface area contributed by atoms with Crippen LogP contribution in [0.1, 0.15) is 46.1 Å². The van der Waals surface area contributed by atoms with Gasteiger partial charge in [0.05, 0.1) is 12.2 Å². The van der Waals surface area contributed by atoms with Crippen LogP contribution >= 0.6 is 0 Å². The van der Waals surface area contributed by atoms with Gasteiger partial charge in [-0.05, 0) is 23.1 Å². The van der Waals surface area contributed by atoms with Crippen LogP contribution in [0, 0.1) is 0 Å². The standard InChI is InChI=1S/C23H23N3O3/c1-3-15-8-7-11-17(12-15)20(16-9-5-4-6-10-16)18-14-25(2)23(29)21-22(28)19(27)13-24-26(18)21/h4-13,18,20,28H,3,14H2,1-2H3. The van der Waals surface area contributed by atoms with Crippen LogP contribution < -0.4 is 5.43 Å². The highest BCUT2D eigenvalue weighted by Crippen LogP contribution is 2.39. The number of carbonyl (C=O) groups is 1. The number of aromatic hydroxyl groups is 1. The zero-order valence-electron chi connectivity index (χ0n) is 16.4. The van der Waals surface area contributed by atoms with Crippen molar-refractivity contribution in [1.29, 1.82) is 0 Å². The van der Waals surface area contributed by atoms with Crippen molar-refractivity contribution in [2.24, 2.45) is 0 Å². The Labute approximate surface area is 169 Å². The van der Waals surface area contributed by atoms with Crippen molar-refractivity contribution >= 4 is 5.91 Å². The summed E-state index contributed by atoms with van der Waals surface area (Å²) in [5.74, 6) is -1.06. The van der Waals surface area contributed by atoms with E-state index < -0.39 is 17.1 Å². The highest BCUT2D eigenvalue weighted by Gasteiger charge is 2.38. The molecule has 0 fully saturated rings. The molecule has 0 radical (unpaired) electrons. The second-order valence-corrected chi connectivity index (χ2v) is 7.39. The first-order valence-corrected chi connectivity index (χ1v) is 9.71. The van der Waals surface area contributed by atoms with E-state index in [4.69, 9.17) is 0 Å². The van der Waals surface area contributed by atoms with Gasteiger partial charge in [0.1, 0.15) is 0 Å². The number of aryl methyl sites for hydroxylation is 1. The van der Waals surface area contributed by atoms with E-state index in [2.05, 4.69) is 42.4 Å². The Kier molecular flexibility index (Phi) is 4.92. The molecule has 0 saturated heterocycles. The van der Waals surface area contributed by atoms with Gasteiger partial charge in [-0.15, -0.1) is 0 Å². The predicted octanol–water partition coefficient (Wildman–Crippen LogP) is 2.97. The van der Waals surface area contributed by atoms with Gasteiger partial charge in [-0.3, -0.25) is 14.3 Å². The lowest BCUT2D eigenvalue weighted by Gasteiger charge is -2.37. The monoisotopic (exact) mass is 389 g/mol. The summed E-state index contributed by atoms with van der Waals surface area (Å²) in [6.07, 6.45) is 2.00. The molecular formula is C23H23N3O3. The molecule has 4 rings (SSSR count). The van der Waals surface area contributed by atoms with Gasteiger partial charge in [0.15, 0.2) is 11.4 Å². The number of hydrogen-bond donors (Lipinski definition) is 1. The Bertz CT molecular complexity index is 1110. The number of nitrogens with zero attached hydrogens (tertiary/aromatic N) is 3. The maximum atomic E-state index is 12.7. The van der Waals surface area contributed by atoms with Crippen molar-refractivity contribution in [1.82, 2.24) is 14.7 Å². The van der Waals surface area contributed by atoms with Crippen LogP contribution in [0.3, 0.4) is 0 Å². The molecule has 6 nitrogen and oxygen atoms in total. The molecule has 0 bridgehead atoms. The van der Waals surface area contributed by atoms with Crippen molar-refractivity contribution in [2.75, 3.05) is 13.6 Å². The quantitative estimate of drug-likeness (QED) is 0.744.